The van der Waals surface area contributed by atoms with Gasteiger partial charge in [-0.1, -0.05) is 184 Å². The van der Waals surface area contributed by atoms with Crippen molar-refractivity contribution in [2.24, 2.45) is 28.1 Å². The van der Waals surface area contributed by atoms with E-state index in [4.69, 9.17) is 28.4 Å². The predicted molar refractivity (Wildman–Crippen MR) is 431 cm³/mol. The van der Waals surface area contributed by atoms with Gasteiger partial charge in [-0.3, -0.25) is 33.6 Å². The second-order valence-corrected chi connectivity index (χ2v) is 34.7. The summed E-state index contributed by atoms with van der Waals surface area (Å²) in [4.78, 5) is 85.7. The maximum absolute atomic E-state index is 11.4. The molecule has 0 saturated heterocycles. The maximum Gasteiger partial charge on any atom is 0.339 e. The molecule has 1 unspecified atom stereocenters. The largest absolute Gasteiger partial charge is 0.431 e. The minimum absolute atomic E-state index is 0.176. The van der Waals surface area contributed by atoms with E-state index in [9.17, 15) is 38.4 Å². The Hall–Kier alpha value is -9.14. The smallest absolute Gasteiger partial charge is 0.339 e. The fraction of sp³-hybridized carbons (Fsp3) is 0.483. The topological polar surface area (TPSA) is 214 Å². The first-order chi connectivity index (χ1) is 49.4. The Bertz CT molecular complexity index is 3680. The zero-order valence-corrected chi connectivity index (χ0v) is 69.3. The van der Waals surface area contributed by atoms with E-state index in [1.54, 1.807) is 13.0 Å². The van der Waals surface area contributed by atoms with Gasteiger partial charge in [0.05, 0.1) is 17.1 Å². The summed E-state index contributed by atoms with van der Waals surface area (Å²) in [6.07, 6.45) is 58.5. The minimum Gasteiger partial charge on any atom is -0.431 e. The number of allylic oxidation sites excluding steroid dienone is 26. The summed E-state index contributed by atoms with van der Waals surface area (Å²) in [7, 11) is -1.38. The zero-order valence-electron chi connectivity index (χ0n) is 68.3. The third kappa shape index (κ3) is 52.8. The molecular weight excluding hydrogens is 1350 g/mol. The fourth-order valence-corrected chi connectivity index (χ4v) is 10.3. The second kappa shape index (κ2) is 51.9. The summed E-state index contributed by atoms with van der Waals surface area (Å²) in [5, 5.41) is 0. The van der Waals surface area contributed by atoms with Gasteiger partial charge in [-0.15, -0.1) is 5.54 Å². The van der Waals surface area contributed by atoms with Crippen LogP contribution < -0.4 is 10.4 Å². The Balaban J connectivity index is 0.00000118. The number of hydrogen-bond acceptors (Lipinski definition) is 16. The molecule has 582 valence electrons. The van der Waals surface area contributed by atoms with E-state index in [-0.39, 0.29) is 41.6 Å². The van der Waals surface area contributed by atoms with Crippen LogP contribution in [0.4, 0.5) is 0 Å². The number of hydrogen-bond donors (Lipinski definition) is 0. The number of aryl methyl sites for hydroxylation is 1. The van der Waals surface area contributed by atoms with Gasteiger partial charge in [0.15, 0.2) is 0 Å². The van der Waals surface area contributed by atoms with Gasteiger partial charge in [0.2, 0.25) is 0 Å². The first kappa shape index (κ1) is 96.9. The van der Waals surface area contributed by atoms with Crippen LogP contribution in [0, 0.1) is 46.5 Å². The van der Waals surface area contributed by atoms with Crippen molar-refractivity contribution in [1.29, 1.82) is 0 Å². The average Bonchev–Trinajstić information content (AvgIpc) is 0.885. The van der Waals surface area contributed by atoms with Gasteiger partial charge in [0, 0.05) is 54.0 Å². The SMILES string of the molecule is C=C(/C=C/CCCCC)OC(C)=O.CC(=O)OC1=CC(C(C)C)CC=C1C.CC(=O)OC1=CC=CCC1.CC(=O)OC1=CCCC=C1.CC(=O)OC1=CCCC=C1C#C[Si](C)(C)C.CC(=O)Oc1cc(C)oc(=O)c1.CC(C)(C)C(=O)OC1=CCCC=C1.CC1=CC(C)(C)CC=C1.CC1=CC=CC(C)(C)C1. The molecule has 0 spiro atoms. The number of carbonyl (C=O) groups is 7. The number of esters is 7. The molecule has 0 amide bonds. The van der Waals surface area contributed by atoms with Crippen molar-refractivity contribution in [3.05, 3.63) is 219 Å². The van der Waals surface area contributed by atoms with Crippen LogP contribution in [0.5, 0.6) is 5.75 Å². The second-order valence-electron chi connectivity index (χ2n) is 29.9. The summed E-state index contributed by atoms with van der Waals surface area (Å²) >= 11 is 0. The van der Waals surface area contributed by atoms with E-state index >= 15 is 0 Å². The molecular formula is C89H126O16Si. The molecule has 0 fully saturated rings. The molecule has 8 rings (SSSR count). The highest BCUT2D eigenvalue weighted by Gasteiger charge is 2.24. The van der Waals surface area contributed by atoms with Gasteiger partial charge in [-0.05, 0) is 202 Å². The van der Waals surface area contributed by atoms with Gasteiger partial charge < -0.3 is 37.6 Å². The Morgan fingerprint density at radius 1 is 0.651 bits per heavy atom. The summed E-state index contributed by atoms with van der Waals surface area (Å²) in [5.41, 5.74) is 7.95. The van der Waals surface area contributed by atoms with E-state index in [1.165, 1.54) is 90.9 Å². The summed E-state index contributed by atoms with van der Waals surface area (Å²) in [6, 6.07) is 2.59. The van der Waals surface area contributed by atoms with E-state index in [0.29, 0.717) is 51.5 Å². The fourth-order valence-electron chi connectivity index (χ4n) is 9.75. The molecule has 0 saturated carbocycles. The first-order valence-electron chi connectivity index (χ1n) is 36.8. The number of rotatable bonds is 13. The Morgan fingerprint density at radius 2 is 1.23 bits per heavy atom. The van der Waals surface area contributed by atoms with Crippen LogP contribution in [0.25, 0.3) is 0 Å². The van der Waals surface area contributed by atoms with Crippen LogP contribution in [0.3, 0.4) is 0 Å². The number of carbonyl (C=O) groups excluding carboxylic acids is 7. The monoisotopic (exact) mass is 1480 g/mol. The summed E-state index contributed by atoms with van der Waals surface area (Å²) in [5.74, 6) is 6.82. The van der Waals surface area contributed by atoms with Crippen molar-refractivity contribution in [2.45, 2.75) is 254 Å². The molecule has 106 heavy (non-hydrogen) atoms. The first-order valence-corrected chi connectivity index (χ1v) is 40.3. The van der Waals surface area contributed by atoms with Crippen molar-refractivity contribution in [3.8, 4) is 17.2 Å². The van der Waals surface area contributed by atoms with E-state index in [2.05, 4.69) is 158 Å². The molecule has 0 bridgehead atoms. The summed E-state index contributed by atoms with van der Waals surface area (Å²) in [6.45, 7) is 47.5. The van der Waals surface area contributed by atoms with Crippen molar-refractivity contribution in [3.63, 3.8) is 0 Å². The van der Waals surface area contributed by atoms with Crippen molar-refractivity contribution in [2.75, 3.05) is 0 Å². The molecule has 1 aromatic heterocycles. The molecule has 17 heteroatoms. The lowest BCUT2D eigenvalue weighted by molar-refractivity contribution is -0.148. The normalized spacial score (nSPS) is 16.7. The van der Waals surface area contributed by atoms with Crippen LogP contribution in [0.15, 0.2) is 212 Å². The zero-order chi connectivity index (χ0) is 80.6. The maximum atomic E-state index is 11.4. The standard InChI is InChI=1S/C13H18O2Si.C12H18O2.C11H16O2.C11H18O2.2C9H14.C8H8O4.2C8H10O2/c1-11(14)15-13-8-6-5-7-12(13)9-10-16(2,3)4;1-8(2)11-6-5-9(3)12(7-11)14-10(4)13;1-11(2,3)10(12)13-9-7-5-4-6-8-9;1-4-5-6-7-8-9-10(2)13-11(3)12;2*1-8-5-4-6-9(2,3)7-8;1-5-3-7(12-6(2)9)4-8(10)11-5;2*1-7(9)10-8-5-3-2-4-6-8/h7-8H,5-6H2,1-4H3;5,7-8,11H,6H2,1-4H3;5,7-8H,4,6H2,1-3H3;8-9H,2,4-7H2,1,3H3;4-5,7H,6H2,1-3H3;4-6H,7H2,1-3H3;3-4H,1-2H3;3,5-6H,2,4H2,1H3;2-3,5H,4,6H2,1H3/b;;;9-8+;;;;;. The van der Waals surface area contributed by atoms with E-state index in [0.717, 1.165) is 92.9 Å². The molecule has 1 heterocycles. The highest BCUT2D eigenvalue weighted by molar-refractivity contribution is 6.83. The van der Waals surface area contributed by atoms with Crippen LogP contribution in [-0.4, -0.2) is 49.9 Å². The quantitative estimate of drug-likeness (QED) is 0.0341. The van der Waals surface area contributed by atoms with E-state index in [1.807, 2.05) is 101 Å². The van der Waals surface area contributed by atoms with Gasteiger partial charge in [0.25, 0.3) is 0 Å². The number of unbranched alkanes of at least 4 members (excludes halogenated alkanes) is 3. The minimum atomic E-state index is -1.38. The lowest BCUT2D eigenvalue weighted by atomic mass is 9.83. The Morgan fingerprint density at radius 3 is 1.68 bits per heavy atom. The summed E-state index contributed by atoms with van der Waals surface area (Å²) < 4.78 is 39.2. The van der Waals surface area contributed by atoms with Crippen LogP contribution in [0.1, 0.15) is 234 Å². The third-order valence-electron chi connectivity index (χ3n) is 14.7. The molecule has 1 atom stereocenters. The Labute approximate surface area is 636 Å². The highest BCUT2D eigenvalue weighted by atomic mass is 28.3. The van der Waals surface area contributed by atoms with Crippen molar-refractivity contribution in [1.82, 2.24) is 0 Å². The van der Waals surface area contributed by atoms with Crippen molar-refractivity contribution < 1.29 is 71.1 Å². The molecule has 0 N–H and O–H groups in total. The lowest BCUT2D eigenvalue weighted by Gasteiger charge is -2.22. The molecule has 0 aliphatic heterocycles. The van der Waals surface area contributed by atoms with E-state index < -0.39 is 25.1 Å². The van der Waals surface area contributed by atoms with Gasteiger partial charge in [-0.2, -0.15) is 0 Å². The van der Waals surface area contributed by atoms with Crippen molar-refractivity contribution >= 4 is 49.9 Å². The van der Waals surface area contributed by atoms with Crippen LogP contribution in [0.2, 0.25) is 19.6 Å². The van der Waals surface area contributed by atoms with Gasteiger partial charge >= 0.3 is 47.4 Å². The van der Waals surface area contributed by atoms with Crippen LogP contribution >= 0.6 is 0 Å². The molecule has 16 nitrogen and oxygen atoms in total. The van der Waals surface area contributed by atoms with Gasteiger partial charge in [0.1, 0.15) is 54.1 Å². The number of ether oxygens (including phenoxy) is 7. The highest BCUT2D eigenvalue weighted by Crippen LogP contribution is 2.31. The lowest BCUT2D eigenvalue weighted by Crippen LogP contribution is -2.22. The van der Waals surface area contributed by atoms with Gasteiger partial charge in [-0.25, -0.2) is 4.79 Å². The average molecular weight is 1480 g/mol. The predicted octanol–water partition coefficient (Wildman–Crippen LogP) is 22.4. The Kier molecular flexibility index (Phi) is 47.5. The molecule has 7 aliphatic rings. The van der Waals surface area contributed by atoms with Crippen LogP contribution in [-0.2, 0) is 62.0 Å². The molecule has 0 radical (unpaired) electrons. The molecule has 7 aliphatic carbocycles. The third-order valence-corrected chi connectivity index (χ3v) is 15.6. The molecule has 1 aromatic rings. The molecule has 0 aromatic carbocycles.